The molecule has 1 aliphatic rings. The Labute approximate surface area is 131 Å². The van der Waals surface area contributed by atoms with Gasteiger partial charge >= 0.3 is 0 Å². The largest absolute Gasteiger partial charge is 0.390 e. The lowest BCUT2D eigenvalue weighted by atomic mass is 10.00. The second-order valence-corrected chi connectivity index (χ2v) is 5.97. The van der Waals surface area contributed by atoms with Gasteiger partial charge < -0.3 is 10.4 Å². The van der Waals surface area contributed by atoms with E-state index in [9.17, 15) is 5.11 Å². The Morgan fingerprint density at radius 2 is 2.09 bits per heavy atom. The first-order chi connectivity index (χ1) is 10.7. The second kappa shape index (κ2) is 6.90. The zero-order chi connectivity index (χ0) is 15.4. The predicted octanol–water partition coefficient (Wildman–Crippen LogP) is 2.22. The second-order valence-electron chi connectivity index (χ2n) is 5.97. The first-order valence-corrected chi connectivity index (χ1v) is 7.84. The van der Waals surface area contributed by atoms with Crippen LogP contribution in [0.1, 0.15) is 16.8 Å². The van der Waals surface area contributed by atoms with Crippen LogP contribution in [-0.2, 0) is 13.0 Å². The first-order valence-electron chi connectivity index (χ1n) is 7.84. The first kappa shape index (κ1) is 15.0. The maximum Gasteiger partial charge on any atom is 0.0839 e. The number of β-amino-alcohol motifs (C(OH)–C–C–N with tert-alkyl or cyclic N) is 1. The molecule has 1 aliphatic heterocycles. The molecule has 4 heteroatoms. The van der Waals surface area contributed by atoms with Crippen molar-refractivity contribution in [2.75, 3.05) is 25.0 Å². The number of pyridine rings is 1. The van der Waals surface area contributed by atoms with Crippen LogP contribution < -0.4 is 5.32 Å². The lowest BCUT2D eigenvalue weighted by molar-refractivity contribution is 0.114. The minimum Gasteiger partial charge on any atom is -0.390 e. The molecule has 116 valence electrons. The molecule has 3 rings (SSSR count). The number of aliphatic hydroxyl groups excluding tert-OH is 1. The van der Waals surface area contributed by atoms with E-state index in [1.165, 1.54) is 11.1 Å². The molecular weight excluding hydrogens is 274 g/mol. The van der Waals surface area contributed by atoms with E-state index in [1.54, 1.807) is 6.20 Å². The molecule has 1 aromatic carbocycles. The van der Waals surface area contributed by atoms with Gasteiger partial charge in [0.25, 0.3) is 0 Å². The number of fused-ring (bicyclic) bond motifs is 1. The van der Waals surface area contributed by atoms with E-state index < -0.39 is 0 Å². The number of aromatic nitrogens is 1. The number of rotatable bonds is 5. The summed E-state index contributed by atoms with van der Waals surface area (Å²) >= 11 is 0. The summed E-state index contributed by atoms with van der Waals surface area (Å²) in [6, 6.07) is 12.5. The molecule has 22 heavy (non-hydrogen) atoms. The minimum atomic E-state index is -0.376. The van der Waals surface area contributed by atoms with Crippen LogP contribution in [0.5, 0.6) is 0 Å². The van der Waals surface area contributed by atoms with E-state index in [1.807, 2.05) is 19.1 Å². The number of anilines is 1. The van der Waals surface area contributed by atoms with Crippen molar-refractivity contribution < 1.29 is 5.11 Å². The van der Waals surface area contributed by atoms with Crippen molar-refractivity contribution >= 4 is 5.69 Å². The van der Waals surface area contributed by atoms with Crippen LogP contribution in [0.15, 0.2) is 42.6 Å². The SMILES string of the molecule is Cc1cc(NC[C@@H](O)CN2CCc3ccccc3C2)ccn1. The third-order valence-corrected chi connectivity index (χ3v) is 4.12. The smallest absolute Gasteiger partial charge is 0.0839 e. The third kappa shape index (κ3) is 3.84. The Kier molecular flexibility index (Phi) is 4.71. The average molecular weight is 297 g/mol. The van der Waals surface area contributed by atoms with E-state index >= 15 is 0 Å². The van der Waals surface area contributed by atoms with Gasteiger partial charge in [0, 0.05) is 43.8 Å². The summed E-state index contributed by atoms with van der Waals surface area (Å²) in [5.74, 6) is 0. The molecule has 0 fully saturated rings. The lowest BCUT2D eigenvalue weighted by Gasteiger charge is -2.30. The Morgan fingerprint density at radius 3 is 2.91 bits per heavy atom. The fraction of sp³-hybridized carbons (Fsp3) is 0.389. The van der Waals surface area contributed by atoms with Gasteiger partial charge in [0.2, 0.25) is 0 Å². The van der Waals surface area contributed by atoms with Crippen molar-refractivity contribution in [1.29, 1.82) is 0 Å². The average Bonchev–Trinajstić information content (AvgIpc) is 2.53. The molecule has 4 nitrogen and oxygen atoms in total. The van der Waals surface area contributed by atoms with E-state index in [2.05, 4.69) is 39.5 Å². The molecule has 2 aromatic rings. The monoisotopic (exact) mass is 297 g/mol. The molecule has 1 atom stereocenters. The van der Waals surface area contributed by atoms with Gasteiger partial charge in [0.15, 0.2) is 0 Å². The lowest BCUT2D eigenvalue weighted by Crippen LogP contribution is -2.39. The number of benzene rings is 1. The highest BCUT2D eigenvalue weighted by atomic mass is 16.3. The molecule has 0 saturated heterocycles. The maximum absolute atomic E-state index is 10.3. The molecule has 0 amide bonds. The van der Waals surface area contributed by atoms with Gasteiger partial charge in [-0.15, -0.1) is 0 Å². The number of nitrogens with zero attached hydrogens (tertiary/aromatic N) is 2. The predicted molar refractivity (Wildman–Crippen MR) is 88.9 cm³/mol. The molecule has 0 saturated carbocycles. The summed E-state index contributed by atoms with van der Waals surface area (Å²) in [5.41, 5.74) is 4.82. The van der Waals surface area contributed by atoms with Crippen LogP contribution in [0.25, 0.3) is 0 Å². The number of hydrogen-bond donors (Lipinski definition) is 2. The van der Waals surface area contributed by atoms with Crippen LogP contribution in [0.4, 0.5) is 5.69 Å². The number of hydrogen-bond acceptors (Lipinski definition) is 4. The maximum atomic E-state index is 10.3. The Balaban J connectivity index is 1.49. The summed E-state index contributed by atoms with van der Waals surface area (Å²) in [6.45, 7) is 5.17. The minimum absolute atomic E-state index is 0.376. The van der Waals surface area contributed by atoms with E-state index in [0.717, 1.165) is 30.9 Å². The molecule has 0 spiro atoms. The third-order valence-electron chi connectivity index (χ3n) is 4.12. The molecule has 0 aliphatic carbocycles. The summed E-state index contributed by atoms with van der Waals surface area (Å²) in [4.78, 5) is 6.50. The Morgan fingerprint density at radius 1 is 1.27 bits per heavy atom. The van der Waals surface area contributed by atoms with Crippen molar-refractivity contribution in [2.45, 2.75) is 26.0 Å². The molecule has 2 heterocycles. The van der Waals surface area contributed by atoms with Gasteiger partial charge in [-0.1, -0.05) is 24.3 Å². The van der Waals surface area contributed by atoms with Crippen LogP contribution >= 0.6 is 0 Å². The van der Waals surface area contributed by atoms with Gasteiger partial charge in [0.05, 0.1) is 6.10 Å². The topological polar surface area (TPSA) is 48.4 Å². The van der Waals surface area contributed by atoms with Gasteiger partial charge in [-0.3, -0.25) is 9.88 Å². The highest BCUT2D eigenvalue weighted by Crippen LogP contribution is 2.18. The summed E-state index contributed by atoms with van der Waals surface area (Å²) in [5, 5.41) is 13.5. The summed E-state index contributed by atoms with van der Waals surface area (Å²) in [7, 11) is 0. The zero-order valence-corrected chi connectivity index (χ0v) is 13.0. The van der Waals surface area contributed by atoms with Crippen molar-refractivity contribution in [3.8, 4) is 0 Å². The standard InChI is InChI=1S/C18H23N3O/c1-14-10-17(6-8-19-14)20-11-18(22)13-21-9-7-15-4-2-3-5-16(15)12-21/h2-6,8,10,18,22H,7,9,11-13H2,1H3,(H,19,20)/t18-/m1/s1. The van der Waals surface area contributed by atoms with Crippen LogP contribution in [0.2, 0.25) is 0 Å². The molecule has 0 unspecified atom stereocenters. The van der Waals surface area contributed by atoms with Crippen molar-refractivity contribution in [1.82, 2.24) is 9.88 Å². The van der Waals surface area contributed by atoms with Crippen molar-refractivity contribution in [3.63, 3.8) is 0 Å². The van der Waals surface area contributed by atoms with Crippen LogP contribution in [-0.4, -0.2) is 40.7 Å². The normalized spacial score (nSPS) is 16.1. The van der Waals surface area contributed by atoms with Gasteiger partial charge in [0.1, 0.15) is 0 Å². The van der Waals surface area contributed by atoms with E-state index in [4.69, 9.17) is 0 Å². The fourth-order valence-corrected chi connectivity index (χ4v) is 2.96. The Hall–Kier alpha value is -1.91. The molecule has 1 aromatic heterocycles. The zero-order valence-electron chi connectivity index (χ0n) is 13.0. The van der Waals surface area contributed by atoms with Crippen LogP contribution in [0, 0.1) is 6.92 Å². The number of aryl methyl sites for hydroxylation is 1. The number of nitrogens with one attached hydrogen (secondary N) is 1. The Bertz CT molecular complexity index is 629. The fourth-order valence-electron chi connectivity index (χ4n) is 2.96. The quantitative estimate of drug-likeness (QED) is 0.888. The van der Waals surface area contributed by atoms with Crippen LogP contribution in [0.3, 0.4) is 0 Å². The molecule has 0 bridgehead atoms. The number of aliphatic hydroxyl groups is 1. The summed E-state index contributed by atoms with van der Waals surface area (Å²) < 4.78 is 0. The van der Waals surface area contributed by atoms with Crippen molar-refractivity contribution in [3.05, 3.63) is 59.4 Å². The van der Waals surface area contributed by atoms with Gasteiger partial charge in [-0.25, -0.2) is 0 Å². The highest BCUT2D eigenvalue weighted by molar-refractivity contribution is 5.43. The molecule has 2 N–H and O–H groups in total. The molecule has 0 radical (unpaired) electrons. The van der Waals surface area contributed by atoms with E-state index in [0.29, 0.717) is 13.1 Å². The van der Waals surface area contributed by atoms with E-state index in [-0.39, 0.29) is 6.10 Å². The molecular formula is C18H23N3O. The van der Waals surface area contributed by atoms with Gasteiger partial charge in [-0.05, 0) is 36.6 Å². The van der Waals surface area contributed by atoms with Gasteiger partial charge in [-0.2, -0.15) is 0 Å². The summed E-state index contributed by atoms with van der Waals surface area (Å²) in [6.07, 6.45) is 2.48. The van der Waals surface area contributed by atoms with Crippen molar-refractivity contribution in [2.24, 2.45) is 0 Å². The highest BCUT2D eigenvalue weighted by Gasteiger charge is 2.18.